The predicted octanol–water partition coefficient (Wildman–Crippen LogP) is 3.59. The highest BCUT2D eigenvalue weighted by molar-refractivity contribution is 9.10. The van der Waals surface area contributed by atoms with Gasteiger partial charge in [-0.25, -0.2) is 8.78 Å². The Bertz CT molecular complexity index is 476. The SMILES string of the molecule is Fc1ccc(F)c(CN2C=C3CC2C3)c1Br. The number of halogens is 3. The lowest BCUT2D eigenvalue weighted by Crippen LogP contribution is -2.29. The summed E-state index contributed by atoms with van der Waals surface area (Å²) in [5, 5.41) is 0. The van der Waals surface area contributed by atoms with E-state index in [1.807, 2.05) is 0 Å². The second kappa shape index (κ2) is 3.55. The zero-order valence-electron chi connectivity index (χ0n) is 8.51. The van der Waals surface area contributed by atoms with Crippen molar-refractivity contribution < 1.29 is 8.78 Å². The van der Waals surface area contributed by atoms with E-state index in [1.54, 1.807) is 0 Å². The van der Waals surface area contributed by atoms with E-state index < -0.39 is 5.82 Å². The Morgan fingerprint density at radius 2 is 1.94 bits per heavy atom. The van der Waals surface area contributed by atoms with Crippen molar-refractivity contribution in [3.63, 3.8) is 0 Å². The topological polar surface area (TPSA) is 3.24 Å². The van der Waals surface area contributed by atoms with Crippen LogP contribution in [0.15, 0.2) is 28.4 Å². The highest BCUT2D eigenvalue weighted by Crippen LogP contribution is 2.40. The third-order valence-corrected chi connectivity index (χ3v) is 4.15. The molecule has 1 saturated carbocycles. The fraction of sp³-hybridized carbons (Fsp3) is 0.333. The lowest BCUT2D eigenvalue weighted by molar-refractivity contribution is 0.270. The number of hydrogen-bond donors (Lipinski definition) is 0. The van der Waals surface area contributed by atoms with Gasteiger partial charge in [-0.05, 0) is 47.1 Å². The Kier molecular flexibility index (Phi) is 2.28. The van der Waals surface area contributed by atoms with Crippen molar-refractivity contribution in [1.82, 2.24) is 4.90 Å². The van der Waals surface area contributed by atoms with Gasteiger partial charge in [0.05, 0.1) is 4.47 Å². The number of benzene rings is 1. The van der Waals surface area contributed by atoms with Gasteiger partial charge in [0.25, 0.3) is 0 Å². The van der Waals surface area contributed by atoms with Gasteiger partial charge >= 0.3 is 0 Å². The van der Waals surface area contributed by atoms with Gasteiger partial charge in [-0.15, -0.1) is 0 Å². The Morgan fingerprint density at radius 3 is 2.56 bits per heavy atom. The molecule has 1 aromatic carbocycles. The number of hydrogen-bond acceptors (Lipinski definition) is 1. The Labute approximate surface area is 101 Å². The van der Waals surface area contributed by atoms with Gasteiger partial charge in [0.1, 0.15) is 11.6 Å². The molecule has 0 amide bonds. The highest BCUT2D eigenvalue weighted by Gasteiger charge is 2.35. The maximum atomic E-state index is 13.6. The average molecular weight is 286 g/mol. The molecule has 0 radical (unpaired) electrons. The zero-order valence-corrected chi connectivity index (χ0v) is 10.1. The third kappa shape index (κ3) is 1.47. The van der Waals surface area contributed by atoms with E-state index in [4.69, 9.17) is 0 Å². The van der Waals surface area contributed by atoms with Gasteiger partial charge in [-0.2, -0.15) is 0 Å². The second-order valence-electron chi connectivity index (χ2n) is 4.34. The molecule has 0 spiro atoms. The molecule has 1 nitrogen and oxygen atoms in total. The summed E-state index contributed by atoms with van der Waals surface area (Å²) in [5.74, 6) is -0.758. The molecule has 1 fully saturated rings. The van der Waals surface area contributed by atoms with Gasteiger partial charge in [-0.1, -0.05) is 5.57 Å². The van der Waals surface area contributed by atoms with Crippen molar-refractivity contribution in [3.05, 3.63) is 45.6 Å². The van der Waals surface area contributed by atoms with Crippen LogP contribution in [0.3, 0.4) is 0 Å². The van der Waals surface area contributed by atoms with Crippen molar-refractivity contribution >= 4 is 15.9 Å². The van der Waals surface area contributed by atoms with Crippen molar-refractivity contribution in [2.75, 3.05) is 0 Å². The molecule has 4 heteroatoms. The number of rotatable bonds is 2. The molecule has 0 unspecified atom stereocenters. The summed E-state index contributed by atoms with van der Waals surface area (Å²) < 4.78 is 27.1. The summed E-state index contributed by atoms with van der Waals surface area (Å²) in [4.78, 5) is 2.10. The van der Waals surface area contributed by atoms with Crippen LogP contribution in [0.2, 0.25) is 0 Å². The maximum Gasteiger partial charge on any atom is 0.137 e. The Balaban J connectivity index is 1.89. The Morgan fingerprint density at radius 1 is 1.25 bits per heavy atom. The van der Waals surface area contributed by atoms with Crippen molar-refractivity contribution in [1.29, 1.82) is 0 Å². The van der Waals surface area contributed by atoms with Crippen LogP contribution in [0.1, 0.15) is 18.4 Å². The first-order valence-corrected chi connectivity index (χ1v) is 6.02. The van der Waals surface area contributed by atoms with E-state index in [0.717, 1.165) is 18.9 Å². The first-order chi connectivity index (χ1) is 7.65. The quantitative estimate of drug-likeness (QED) is 0.751. The number of fused-ring (bicyclic) bond motifs is 1. The summed E-state index contributed by atoms with van der Waals surface area (Å²) in [7, 11) is 0. The van der Waals surface area contributed by atoms with E-state index in [0.29, 0.717) is 18.2 Å². The van der Waals surface area contributed by atoms with Gasteiger partial charge in [0, 0.05) is 18.2 Å². The van der Waals surface area contributed by atoms with E-state index in [2.05, 4.69) is 27.0 Å². The monoisotopic (exact) mass is 285 g/mol. The van der Waals surface area contributed by atoms with E-state index in [1.165, 1.54) is 11.6 Å². The molecule has 0 atom stereocenters. The van der Waals surface area contributed by atoms with Crippen LogP contribution in [-0.2, 0) is 6.54 Å². The van der Waals surface area contributed by atoms with Gasteiger partial charge in [0.2, 0.25) is 0 Å². The van der Waals surface area contributed by atoms with Crippen LogP contribution >= 0.6 is 15.9 Å². The van der Waals surface area contributed by atoms with Crippen molar-refractivity contribution in [3.8, 4) is 0 Å². The van der Waals surface area contributed by atoms with Crippen molar-refractivity contribution in [2.24, 2.45) is 0 Å². The molecule has 1 aliphatic carbocycles. The highest BCUT2D eigenvalue weighted by atomic mass is 79.9. The molecular weight excluding hydrogens is 276 g/mol. The minimum Gasteiger partial charge on any atom is -0.369 e. The second-order valence-corrected chi connectivity index (χ2v) is 5.14. The summed E-state index contributed by atoms with van der Waals surface area (Å²) in [5.41, 5.74) is 1.82. The normalized spacial score (nSPS) is 18.7. The van der Waals surface area contributed by atoms with Crippen LogP contribution in [0.5, 0.6) is 0 Å². The third-order valence-electron chi connectivity index (χ3n) is 3.29. The first kappa shape index (κ1) is 10.3. The fourth-order valence-electron chi connectivity index (χ4n) is 2.30. The Hall–Kier alpha value is -0.900. The van der Waals surface area contributed by atoms with E-state index in [-0.39, 0.29) is 10.3 Å². The molecule has 16 heavy (non-hydrogen) atoms. The standard InChI is InChI=1S/C12H10BrF2N/c13-12-9(10(14)1-2-11(12)15)6-16-5-7-3-8(16)4-7/h1-2,5,8H,3-4,6H2. The van der Waals surface area contributed by atoms with Gasteiger partial charge in [0.15, 0.2) is 0 Å². The van der Waals surface area contributed by atoms with Gasteiger partial charge in [-0.3, -0.25) is 0 Å². The summed E-state index contributed by atoms with van der Waals surface area (Å²) in [6.07, 6.45) is 4.25. The molecule has 1 aromatic rings. The van der Waals surface area contributed by atoms with E-state index in [9.17, 15) is 8.78 Å². The molecule has 0 saturated heterocycles. The van der Waals surface area contributed by atoms with Crippen LogP contribution in [0.25, 0.3) is 0 Å². The summed E-state index contributed by atoms with van der Waals surface area (Å²) in [6.45, 7) is 0.443. The zero-order chi connectivity index (χ0) is 11.3. The molecule has 2 bridgehead atoms. The van der Waals surface area contributed by atoms with Crippen molar-refractivity contribution in [2.45, 2.75) is 25.4 Å². The lowest BCUT2D eigenvalue weighted by Gasteiger charge is -2.28. The van der Waals surface area contributed by atoms with Crippen LogP contribution in [0, 0.1) is 11.6 Å². The minimum atomic E-state index is -0.407. The van der Waals surface area contributed by atoms with Crippen LogP contribution in [-0.4, -0.2) is 10.9 Å². The first-order valence-electron chi connectivity index (χ1n) is 5.23. The smallest absolute Gasteiger partial charge is 0.137 e. The van der Waals surface area contributed by atoms with Crippen LogP contribution < -0.4 is 0 Å². The molecule has 2 aliphatic heterocycles. The van der Waals surface area contributed by atoms with E-state index >= 15 is 0 Å². The molecule has 2 heterocycles. The molecule has 0 aromatic heterocycles. The molecular formula is C12H10BrF2N. The van der Waals surface area contributed by atoms with Gasteiger partial charge < -0.3 is 4.90 Å². The fourth-order valence-corrected chi connectivity index (χ4v) is 2.74. The minimum absolute atomic E-state index is 0.245. The molecule has 84 valence electrons. The molecule has 4 rings (SSSR count). The number of nitrogens with zero attached hydrogens (tertiary/aromatic N) is 1. The van der Waals surface area contributed by atoms with Crippen LogP contribution in [0.4, 0.5) is 8.78 Å². The average Bonchev–Trinajstić information content (AvgIpc) is 2.76. The molecule has 0 N–H and O–H groups in total. The predicted molar refractivity (Wildman–Crippen MR) is 60.7 cm³/mol. The summed E-state index contributed by atoms with van der Waals surface area (Å²) >= 11 is 3.11. The maximum absolute atomic E-state index is 13.6. The lowest BCUT2D eigenvalue weighted by atomic mass is 9.91. The largest absolute Gasteiger partial charge is 0.369 e. The summed E-state index contributed by atoms with van der Waals surface area (Å²) in [6, 6.07) is 2.83. The molecule has 3 aliphatic rings.